The summed E-state index contributed by atoms with van der Waals surface area (Å²) in [6, 6.07) is 6.33. The van der Waals surface area contributed by atoms with Crippen molar-refractivity contribution in [2.45, 2.75) is 31.8 Å². The largest absolute Gasteiger partial charge is 0.379 e. The summed E-state index contributed by atoms with van der Waals surface area (Å²) in [5.74, 6) is 0.258. The Bertz CT molecular complexity index is 572. The van der Waals surface area contributed by atoms with E-state index < -0.39 is 0 Å². The number of amides is 1. The molecule has 138 valence electrons. The SMILES string of the molecule is CN(C)Cc1cccc([C@H]2CCCN2C(=O)CCN2CCOCC2)n1. The van der Waals surface area contributed by atoms with Crippen LogP contribution in [0.2, 0.25) is 0 Å². The number of pyridine rings is 1. The second-order valence-corrected chi connectivity index (χ2v) is 7.24. The molecule has 0 spiro atoms. The molecule has 0 aromatic carbocycles. The maximum absolute atomic E-state index is 12.8. The Morgan fingerprint density at radius 3 is 2.84 bits per heavy atom. The molecule has 0 saturated carbocycles. The van der Waals surface area contributed by atoms with Gasteiger partial charge >= 0.3 is 0 Å². The van der Waals surface area contributed by atoms with E-state index >= 15 is 0 Å². The van der Waals surface area contributed by atoms with Crippen LogP contribution >= 0.6 is 0 Å². The third-order valence-electron chi connectivity index (χ3n) is 4.97. The molecule has 1 aromatic heterocycles. The molecular weight excluding hydrogens is 316 g/mol. The van der Waals surface area contributed by atoms with Crippen molar-refractivity contribution in [3.63, 3.8) is 0 Å². The Kier molecular flexibility index (Phi) is 6.39. The molecule has 2 fully saturated rings. The Balaban J connectivity index is 1.60. The summed E-state index contributed by atoms with van der Waals surface area (Å²) >= 11 is 0. The van der Waals surface area contributed by atoms with E-state index in [2.05, 4.69) is 28.0 Å². The number of carbonyl (C=O) groups is 1. The zero-order valence-electron chi connectivity index (χ0n) is 15.5. The van der Waals surface area contributed by atoms with Gasteiger partial charge in [0.1, 0.15) is 0 Å². The highest BCUT2D eigenvalue weighted by molar-refractivity contribution is 5.77. The average Bonchev–Trinajstić information content (AvgIpc) is 3.10. The van der Waals surface area contributed by atoms with E-state index in [4.69, 9.17) is 9.72 Å². The standard InChI is InChI=1S/C19H30N4O2/c1-21(2)15-16-5-3-6-17(20-16)18-7-4-9-23(18)19(24)8-10-22-11-13-25-14-12-22/h3,5-6,18H,4,7-15H2,1-2H3/t18-/m1/s1. The zero-order valence-corrected chi connectivity index (χ0v) is 15.5. The van der Waals surface area contributed by atoms with Gasteiger partial charge in [-0.2, -0.15) is 0 Å². The molecule has 2 aliphatic heterocycles. The summed E-state index contributed by atoms with van der Waals surface area (Å²) in [4.78, 5) is 24.1. The zero-order chi connectivity index (χ0) is 17.6. The lowest BCUT2D eigenvalue weighted by molar-refractivity contribution is -0.132. The van der Waals surface area contributed by atoms with Gasteiger partial charge in [0, 0.05) is 39.1 Å². The third-order valence-corrected chi connectivity index (χ3v) is 4.97. The number of rotatable bonds is 6. The van der Waals surface area contributed by atoms with E-state index in [0.717, 1.165) is 70.2 Å². The lowest BCUT2D eigenvalue weighted by atomic mass is 10.1. The van der Waals surface area contributed by atoms with Crippen LogP contribution in [0.25, 0.3) is 0 Å². The summed E-state index contributed by atoms with van der Waals surface area (Å²) in [5.41, 5.74) is 2.10. The van der Waals surface area contributed by atoms with E-state index in [1.807, 2.05) is 19.0 Å². The molecule has 0 aliphatic carbocycles. The minimum atomic E-state index is 0.138. The molecule has 2 saturated heterocycles. The highest BCUT2D eigenvalue weighted by Gasteiger charge is 2.31. The van der Waals surface area contributed by atoms with Crippen molar-refractivity contribution < 1.29 is 9.53 Å². The number of hydrogen-bond donors (Lipinski definition) is 0. The molecular formula is C19H30N4O2. The molecule has 6 heteroatoms. The molecule has 0 N–H and O–H groups in total. The fourth-order valence-corrected chi connectivity index (χ4v) is 3.69. The van der Waals surface area contributed by atoms with Crippen molar-refractivity contribution in [1.82, 2.24) is 19.7 Å². The van der Waals surface area contributed by atoms with Crippen molar-refractivity contribution in [2.24, 2.45) is 0 Å². The monoisotopic (exact) mass is 346 g/mol. The summed E-state index contributed by atoms with van der Waals surface area (Å²) in [5, 5.41) is 0. The highest BCUT2D eigenvalue weighted by atomic mass is 16.5. The number of hydrogen-bond acceptors (Lipinski definition) is 5. The lowest BCUT2D eigenvalue weighted by Gasteiger charge is -2.29. The van der Waals surface area contributed by atoms with Gasteiger partial charge in [0.25, 0.3) is 0 Å². The van der Waals surface area contributed by atoms with Crippen LogP contribution < -0.4 is 0 Å². The van der Waals surface area contributed by atoms with Gasteiger partial charge in [-0.25, -0.2) is 0 Å². The molecule has 1 aromatic rings. The van der Waals surface area contributed by atoms with Crippen LogP contribution in [-0.2, 0) is 16.1 Å². The van der Waals surface area contributed by atoms with E-state index in [1.165, 1.54) is 0 Å². The predicted octanol–water partition coefficient (Wildman–Crippen LogP) is 1.53. The summed E-state index contributed by atoms with van der Waals surface area (Å²) in [7, 11) is 4.09. The summed E-state index contributed by atoms with van der Waals surface area (Å²) in [6.07, 6.45) is 2.67. The van der Waals surface area contributed by atoms with Gasteiger partial charge in [0.2, 0.25) is 5.91 Å². The second kappa shape index (κ2) is 8.74. The van der Waals surface area contributed by atoms with Gasteiger partial charge in [-0.05, 0) is 39.1 Å². The lowest BCUT2D eigenvalue weighted by Crippen LogP contribution is -2.39. The van der Waals surface area contributed by atoms with E-state index in [-0.39, 0.29) is 11.9 Å². The summed E-state index contributed by atoms with van der Waals surface area (Å²) < 4.78 is 5.37. The molecule has 2 aliphatic rings. The van der Waals surface area contributed by atoms with Gasteiger partial charge in [-0.1, -0.05) is 6.07 Å². The maximum atomic E-state index is 12.8. The van der Waals surface area contributed by atoms with Crippen LogP contribution in [-0.4, -0.2) is 79.1 Å². The topological polar surface area (TPSA) is 48.9 Å². The fraction of sp³-hybridized carbons (Fsp3) is 0.684. The first-order valence-corrected chi connectivity index (χ1v) is 9.33. The minimum Gasteiger partial charge on any atom is -0.379 e. The van der Waals surface area contributed by atoms with Gasteiger partial charge in [0.05, 0.1) is 30.6 Å². The first-order chi connectivity index (χ1) is 12.1. The molecule has 0 radical (unpaired) electrons. The van der Waals surface area contributed by atoms with Crippen LogP contribution in [0.5, 0.6) is 0 Å². The fourth-order valence-electron chi connectivity index (χ4n) is 3.69. The van der Waals surface area contributed by atoms with Gasteiger partial charge in [-0.15, -0.1) is 0 Å². The molecule has 6 nitrogen and oxygen atoms in total. The van der Waals surface area contributed by atoms with Crippen LogP contribution in [0.3, 0.4) is 0 Å². The van der Waals surface area contributed by atoms with Crippen LogP contribution in [0.4, 0.5) is 0 Å². The summed E-state index contributed by atoms with van der Waals surface area (Å²) in [6.45, 7) is 5.94. The number of nitrogens with zero attached hydrogens (tertiary/aromatic N) is 4. The molecule has 25 heavy (non-hydrogen) atoms. The smallest absolute Gasteiger partial charge is 0.224 e. The Labute approximate surface area is 150 Å². The molecule has 1 atom stereocenters. The molecule has 0 bridgehead atoms. The van der Waals surface area contributed by atoms with Crippen molar-refractivity contribution in [2.75, 3.05) is 53.5 Å². The van der Waals surface area contributed by atoms with Crippen LogP contribution in [0.15, 0.2) is 18.2 Å². The van der Waals surface area contributed by atoms with Crippen LogP contribution in [0.1, 0.15) is 36.7 Å². The van der Waals surface area contributed by atoms with E-state index in [9.17, 15) is 4.79 Å². The van der Waals surface area contributed by atoms with E-state index in [1.54, 1.807) is 0 Å². The maximum Gasteiger partial charge on any atom is 0.224 e. The molecule has 0 unspecified atom stereocenters. The Hall–Kier alpha value is -1.50. The highest BCUT2D eigenvalue weighted by Crippen LogP contribution is 2.31. The number of morpholine rings is 1. The van der Waals surface area contributed by atoms with Crippen molar-refractivity contribution in [3.05, 3.63) is 29.6 Å². The van der Waals surface area contributed by atoms with E-state index in [0.29, 0.717) is 6.42 Å². The minimum absolute atomic E-state index is 0.138. The van der Waals surface area contributed by atoms with Crippen molar-refractivity contribution in [1.29, 1.82) is 0 Å². The van der Waals surface area contributed by atoms with Crippen LogP contribution in [0, 0.1) is 0 Å². The quantitative estimate of drug-likeness (QED) is 0.782. The van der Waals surface area contributed by atoms with Crippen molar-refractivity contribution >= 4 is 5.91 Å². The Morgan fingerprint density at radius 2 is 2.08 bits per heavy atom. The second-order valence-electron chi connectivity index (χ2n) is 7.24. The average molecular weight is 346 g/mol. The first-order valence-electron chi connectivity index (χ1n) is 9.33. The number of likely N-dealkylation sites (tertiary alicyclic amines) is 1. The molecule has 3 heterocycles. The van der Waals surface area contributed by atoms with Gasteiger partial charge < -0.3 is 14.5 Å². The number of carbonyl (C=O) groups excluding carboxylic acids is 1. The number of ether oxygens (including phenoxy) is 1. The number of aromatic nitrogens is 1. The van der Waals surface area contributed by atoms with Crippen molar-refractivity contribution in [3.8, 4) is 0 Å². The van der Waals surface area contributed by atoms with Gasteiger partial charge in [0.15, 0.2) is 0 Å². The predicted molar refractivity (Wildman–Crippen MR) is 97.2 cm³/mol. The third kappa shape index (κ3) is 5.00. The molecule has 3 rings (SSSR count). The van der Waals surface area contributed by atoms with Gasteiger partial charge in [-0.3, -0.25) is 14.7 Å². The Morgan fingerprint density at radius 1 is 1.28 bits per heavy atom. The normalized spacial score (nSPS) is 21.9. The first kappa shape index (κ1) is 18.3. The molecule has 1 amide bonds.